The third kappa shape index (κ3) is 3.16. The highest BCUT2D eigenvalue weighted by molar-refractivity contribution is 5.92. The van der Waals surface area contributed by atoms with Gasteiger partial charge < -0.3 is 4.90 Å². The van der Waals surface area contributed by atoms with Crippen LogP contribution in [0.5, 0.6) is 0 Å². The van der Waals surface area contributed by atoms with E-state index >= 15 is 0 Å². The summed E-state index contributed by atoms with van der Waals surface area (Å²) in [5.41, 5.74) is 0.927. The lowest BCUT2D eigenvalue weighted by molar-refractivity contribution is 0.0697. The summed E-state index contributed by atoms with van der Waals surface area (Å²) in [6.07, 6.45) is 3.33. The fraction of sp³-hybridized carbons (Fsp3) is 0.389. The normalized spacial score (nSPS) is 17.3. The fourth-order valence-corrected chi connectivity index (χ4v) is 3.55. The highest BCUT2D eigenvalue weighted by atomic mass is 16.2. The molecule has 27 heavy (non-hydrogen) atoms. The van der Waals surface area contributed by atoms with Crippen molar-refractivity contribution in [2.24, 2.45) is 14.1 Å². The minimum absolute atomic E-state index is 0.0199. The quantitative estimate of drug-likeness (QED) is 0.680. The van der Waals surface area contributed by atoms with E-state index in [1.54, 1.807) is 29.8 Å². The molecule has 0 radical (unpaired) electrons. The first-order valence-electron chi connectivity index (χ1n) is 8.91. The van der Waals surface area contributed by atoms with E-state index in [4.69, 9.17) is 0 Å². The predicted octanol–water partition coefficient (Wildman–Crippen LogP) is 0.719. The second kappa shape index (κ2) is 6.82. The summed E-state index contributed by atoms with van der Waals surface area (Å²) in [6.45, 7) is 1.16. The molecule has 0 spiro atoms. The molecule has 3 aromatic rings. The number of amides is 1. The molecular weight excluding hydrogens is 346 g/mol. The molecule has 2 aromatic heterocycles. The number of aromatic nitrogens is 6. The topological polar surface area (TPSA) is 90.8 Å². The molecule has 1 atom stereocenters. The van der Waals surface area contributed by atoms with E-state index in [-0.39, 0.29) is 17.5 Å². The van der Waals surface area contributed by atoms with Crippen molar-refractivity contribution in [1.29, 1.82) is 0 Å². The van der Waals surface area contributed by atoms with Gasteiger partial charge in [-0.1, -0.05) is 23.4 Å². The van der Waals surface area contributed by atoms with Crippen LogP contribution in [-0.2, 0) is 14.1 Å². The number of likely N-dealkylation sites (tertiary alicyclic amines) is 1. The number of aryl methyl sites for hydroxylation is 2. The maximum atomic E-state index is 12.7. The van der Waals surface area contributed by atoms with Gasteiger partial charge in [0.05, 0.1) is 11.9 Å². The van der Waals surface area contributed by atoms with Crippen LogP contribution >= 0.6 is 0 Å². The Morgan fingerprint density at radius 3 is 2.67 bits per heavy atom. The molecule has 0 N–H and O–H groups in total. The molecule has 1 aliphatic rings. The zero-order valence-corrected chi connectivity index (χ0v) is 15.3. The van der Waals surface area contributed by atoms with E-state index in [1.807, 2.05) is 30.3 Å². The maximum absolute atomic E-state index is 12.7. The third-order valence-electron chi connectivity index (χ3n) is 4.86. The van der Waals surface area contributed by atoms with Crippen LogP contribution in [0, 0.1) is 0 Å². The first-order valence-corrected chi connectivity index (χ1v) is 8.91. The Balaban J connectivity index is 1.65. The molecule has 1 fully saturated rings. The summed E-state index contributed by atoms with van der Waals surface area (Å²) in [4.78, 5) is 27.1. The van der Waals surface area contributed by atoms with Crippen LogP contribution in [0.3, 0.4) is 0 Å². The lowest BCUT2D eigenvalue weighted by Crippen LogP contribution is -2.40. The van der Waals surface area contributed by atoms with Gasteiger partial charge in [-0.3, -0.25) is 9.48 Å². The molecule has 4 rings (SSSR count). The van der Waals surface area contributed by atoms with Gasteiger partial charge in [0.25, 0.3) is 5.91 Å². The van der Waals surface area contributed by atoms with Crippen LogP contribution < -0.4 is 5.69 Å². The van der Waals surface area contributed by atoms with Gasteiger partial charge in [-0.25, -0.2) is 14.0 Å². The van der Waals surface area contributed by atoms with Gasteiger partial charge in [-0.05, 0) is 25.0 Å². The van der Waals surface area contributed by atoms with E-state index in [0.717, 1.165) is 18.5 Å². The van der Waals surface area contributed by atoms with Crippen LogP contribution in [0.2, 0.25) is 0 Å². The Hall–Kier alpha value is -3.23. The van der Waals surface area contributed by atoms with Crippen molar-refractivity contribution in [2.75, 3.05) is 13.1 Å². The SMILES string of the molecule is Cn1cc(C(=O)N2CCC[C@H](c3nn(C)c(=O)n3-c3ccccc3)C2)nn1. The highest BCUT2D eigenvalue weighted by Gasteiger charge is 2.31. The Labute approximate surface area is 155 Å². The number of carbonyl (C=O) groups is 1. The Morgan fingerprint density at radius 1 is 1.19 bits per heavy atom. The molecule has 9 heteroatoms. The molecule has 140 valence electrons. The van der Waals surface area contributed by atoms with Crippen LogP contribution in [0.1, 0.15) is 35.1 Å². The monoisotopic (exact) mass is 367 g/mol. The second-order valence-electron chi connectivity index (χ2n) is 6.80. The second-order valence-corrected chi connectivity index (χ2v) is 6.80. The molecule has 1 aliphatic heterocycles. The number of nitrogens with zero attached hydrogens (tertiary/aromatic N) is 7. The van der Waals surface area contributed by atoms with Crippen LogP contribution in [0.15, 0.2) is 41.3 Å². The largest absolute Gasteiger partial charge is 0.350 e. The van der Waals surface area contributed by atoms with Crippen molar-refractivity contribution in [3.8, 4) is 5.69 Å². The summed E-state index contributed by atoms with van der Waals surface area (Å²) in [6, 6.07) is 9.47. The molecule has 0 aliphatic carbocycles. The Kier molecular flexibility index (Phi) is 4.35. The Morgan fingerprint density at radius 2 is 1.96 bits per heavy atom. The van der Waals surface area contributed by atoms with E-state index in [9.17, 15) is 9.59 Å². The predicted molar refractivity (Wildman–Crippen MR) is 97.7 cm³/mol. The van der Waals surface area contributed by atoms with Gasteiger partial charge in [0.1, 0.15) is 5.82 Å². The van der Waals surface area contributed by atoms with Gasteiger partial charge in [0.15, 0.2) is 5.69 Å². The molecule has 3 heterocycles. The van der Waals surface area contributed by atoms with Crippen molar-refractivity contribution < 1.29 is 4.79 Å². The van der Waals surface area contributed by atoms with Crippen molar-refractivity contribution in [1.82, 2.24) is 34.2 Å². The first-order chi connectivity index (χ1) is 13.0. The molecule has 1 amide bonds. The number of rotatable bonds is 3. The highest BCUT2D eigenvalue weighted by Crippen LogP contribution is 2.27. The number of para-hydroxylation sites is 1. The number of benzene rings is 1. The maximum Gasteiger partial charge on any atom is 0.350 e. The summed E-state index contributed by atoms with van der Waals surface area (Å²) < 4.78 is 4.51. The summed E-state index contributed by atoms with van der Waals surface area (Å²) in [5.74, 6) is 0.524. The zero-order valence-electron chi connectivity index (χ0n) is 15.3. The first kappa shape index (κ1) is 17.2. The average molecular weight is 367 g/mol. The van der Waals surface area contributed by atoms with Gasteiger partial charge in [0.2, 0.25) is 0 Å². The minimum atomic E-state index is -0.187. The molecule has 1 saturated heterocycles. The van der Waals surface area contributed by atoms with Crippen LogP contribution in [-0.4, -0.2) is 53.2 Å². The van der Waals surface area contributed by atoms with Crippen molar-refractivity contribution >= 4 is 5.91 Å². The Bertz CT molecular complexity index is 1020. The molecule has 0 saturated carbocycles. The molecule has 0 unspecified atom stereocenters. The fourth-order valence-electron chi connectivity index (χ4n) is 3.55. The third-order valence-corrected chi connectivity index (χ3v) is 4.86. The van der Waals surface area contributed by atoms with Crippen molar-refractivity contribution in [2.45, 2.75) is 18.8 Å². The van der Waals surface area contributed by atoms with Gasteiger partial charge in [-0.2, -0.15) is 5.10 Å². The lowest BCUT2D eigenvalue weighted by Gasteiger charge is -2.31. The van der Waals surface area contributed by atoms with E-state index < -0.39 is 0 Å². The number of piperidine rings is 1. The summed E-state index contributed by atoms with van der Waals surface area (Å²) in [5, 5.41) is 12.2. The standard InChI is InChI=1S/C18H21N7O2/c1-22-12-15(19-21-22)17(26)24-10-6-7-13(11-24)16-20-23(2)18(27)25(16)14-8-4-3-5-9-14/h3-5,8-9,12-13H,6-7,10-11H2,1-2H3/t13-/m0/s1. The van der Waals surface area contributed by atoms with Crippen molar-refractivity contribution in [3.63, 3.8) is 0 Å². The lowest BCUT2D eigenvalue weighted by atomic mass is 9.96. The van der Waals surface area contributed by atoms with Crippen molar-refractivity contribution in [3.05, 3.63) is 58.5 Å². The molecule has 0 bridgehead atoms. The number of hydrogen-bond donors (Lipinski definition) is 0. The molecule has 9 nitrogen and oxygen atoms in total. The smallest absolute Gasteiger partial charge is 0.336 e. The molecular formula is C18H21N7O2. The number of carbonyl (C=O) groups excluding carboxylic acids is 1. The van der Waals surface area contributed by atoms with Crippen LogP contribution in [0.25, 0.3) is 5.69 Å². The zero-order chi connectivity index (χ0) is 19.0. The van der Waals surface area contributed by atoms with Gasteiger partial charge in [-0.15, -0.1) is 5.10 Å². The summed E-state index contributed by atoms with van der Waals surface area (Å²) in [7, 11) is 3.38. The van der Waals surface area contributed by atoms with Gasteiger partial charge >= 0.3 is 5.69 Å². The molecule has 1 aromatic carbocycles. The minimum Gasteiger partial charge on any atom is -0.336 e. The van der Waals surface area contributed by atoms with Crippen LogP contribution in [0.4, 0.5) is 0 Å². The summed E-state index contributed by atoms with van der Waals surface area (Å²) >= 11 is 0. The number of hydrogen-bond acceptors (Lipinski definition) is 5. The average Bonchev–Trinajstić information content (AvgIpc) is 3.25. The van der Waals surface area contributed by atoms with E-state index in [0.29, 0.717) is 24.6 Å². The van der Waals surface area contributed by atoms with Gasteiger partial charge in [0, 0.05) is 33.1 Å². The van der Waals surface area contributed by atoms with E-state index in [1.165, 1.54) is 9.36 Å². The van der Waals surface area contributed by atoms with E-state index in [2.05, 4.69) is 15.4 Å².